The largest absolute Gasteiger partial charge is 0.497 e. The highest BCUT2D eigenvalue weighted by atomic mass is 35.5. The molecule has 1 amide bonds. The molecular weight excluding hydrogens is 384 g/mol. The van der Waals surface area contributed by atoms with Crippen molar-refractivity contribution in [2.24, 2.45) is 0 Å². The molecule has 0 spiro atoms. The molecule has 0 radical (unpaired) electrons. The predicted octanol–water partition coefficient (Wildman–Crippen LogP) is 3.48. The van der Waals surface area contributed by atoms with E-state index in [1.165, 1.54) is 7.11 Å². The number of halogens is 1. The van der Waals surface area contributed by atoms with Crippen LogP contribution in [0.1, 0.15) is 0 Å². The Morgan fingerprint density at radius 3 is 2.57 bits per heavy atom. The molecule has 28 heavy (non-hydrogen) atoms. The monoisotopic (exact) mass is 402 g/mol. The fraction of sp³-hybridized carbons (Fsp3) is 0.211. The van der Waals surface area contributed by atoms with Gasteiger partial charge in [0.2, 0.25) is 11.7 Å². The molecule has 1 heterocycles. The van der Waals surface area contributed by atoms with Crippen molar-refractivity contribution in [3.63, 3.8) is 0 Å². The summed E-state index contributed by atoms with van der Waals surface area (Å²) in [5.74, 6) is 1.44. The lowest BCUT2D eigenvalue weighted by molar-refractivity contribution is -0.115. The van der Waals surface area contributed by atoms with Crippen molar-refractivity contribution in [3.8, 4) is 22.9 Å². The number of nitrogens with one attached hydrogen (secondary N) is 1. The van der Waals surface area contributed by atoms with Crippen LogP contribution in [-0.2, 0) is 4.79 Å². The van der Waals surface area contributed by atoms with Gasteiger partial charge in [-0.1, -0.05) is 16.8 Å². The van der Waals surface area contributed by atoms with Crippen LogP contribution in [0.3, 0.4) is 0 Å². The minimum absolute atomic E-state index is 0.0217. The highest BCUT2D eigenvalue weighted by molar-refractivity contribution is 6.32. The second-order valence-electron chi connectivity index (χ2n) is 5.88. The second kappa shape index (κ2) is 8.62. The van der Waals surface area contributed by atoms with Gasteiger partial charge in [0.05, 0.1) is 19.2 Å². The van der Waals surface area contributed by atoms with Gasteiger partial charge in [-0.15, -0.1) is 0 Å². The molecule has 0 aliphatic heterocycles. The first-order chi connectivity index (χ1) is 13.5. The minimum Gasteiger partial charge on any atom is -0.497 e. The van der Waals surface area contributed by atoms with E-state index in [2.05, 4.69) is 15.5 Å². The molecule has 1 aromatic heterocycles. The molecule has 0 unspecified atom stereocenters. The Bertz CT molecular complexity index is 959. The maximum atomic E-state index is 12.3. The SMILES string of the molecule is COc1ccc(-c2noc(N(C)CC(=O)Nc3ccc(OC)c(Cl)c3)n2)cc1. The van der Waals surface area contributed by atoms with Gasteiger partial charge in [0, 0.05) is 18.3 Å². The smallest absolute Gasteiger partial charge is 0.324 e. The van der Waals surface area contributed by atoms with Crippen LogP contribution in [0.25, 0.3) is 11.4 Å². The number of hydrogen-bond donors (Lipinski definition) is 1. The Morgan fingerprint density at radius 1 is 1.18 bits per heavy atom. The van der Waals surface area contributed by atoms with Crippen LogP contribution in [0, 0.1) is 0 Å². The zero-order valence-electron chi connectivity index (χ0n) is 15.6. The molecule has 0 aliphatic rings. The zero-order chi connectivity index (χ0) is 20.1. The number of aromatic nitrogens is 2. The molecule has 0 saturated heterocycles. The second-order valence-corrected chi connectivity index (χ2v) is 6.29. The number of anilines is 2. The summed E-state index contributed by atoms with van der Waals surface area (Å²) in [5.41, 5.74) is 1.34. The summed E-state index contributed by atoms with van der Waals surface area (Å²) in [4.78, 5) is 18.2. The predicted molar refractivity (Wildman–Crippen MR) is 106 cm³/mol. The lowest BCUT2D eigenvalue weighted by Crippen LogP contribution is -2.30. The zero-order valence-corrected chi connectivity index (χ0v) is 16.4. The van der Waals surface area contributed by atoms with Crippen LogP contribution in [-0.4, -0.2) is 43.9 Å². The van der Waals surface area contributed by atoms with E-state index in [4.69, 9.17) is 25.6 Å². The number of nitrogens with zero attached hydrogens (tertiary/aromatic N) is 3. The number of hydrogen-bond acceptors (Lipinski definition) is 7. The molecule has 2 aromatic carbocycles. The van der Waals surface area contributed by atoms with E-state index < -0.39 is 0 Å². The van der Waals surface area contributed by atoms with Crippen molar-refractivity contribution in [1.29, 1.82) is 0 Å². The number of carbonyl (C=O) groups excluding carboxylic acids is 1. The number of benzene rings is 2. The molecule has 0 atom stereocenters. The number of rotatable bonds is 7. The van der Waals surface area contributed by atoms with Crippen LogP contribution in [0.2, 0.25) is 5.02 Å². The summed E-state index contributed by atoms with van der Waals surface area (Å²) >= 11 is 6.07. The molecule has 146 valence electrons. The highest BCUT2D eigenvalue weighted by Gasteiger charge is 2.16. The average Bonchev–Trinajstić information content (AvgIpc) is 3.18. The van der Waals surface area contributed by atoms with E-state index >= 15 is 0 Å². The first-order valence-corrected chi connectivity index (χ1v) is 8.70. The van der Waals surface area contributed by atoms with Crippen LogP contribution >= 0.6 is 11.6 Å². The Balaban J connectivity index is 1.62. The summed E-state index contributed by atoms with van der Waals surface area (Å²) in [6.07, 6.45) is 0. The third-order valence-electron chi connectivity index (χ3n) is 3.91. The van der Waals surface area contributed by atoms with E-state index in [-0.39, 0.29) is 18.5 Å². The molecular formula is C19H19ClN4O4. The molecule has 0 saturated carbocycles. The Hall–Kier alpha value is -3.26. The molecule has 0 aliphatic carbocycles. The quantitative estimate of drug-likeness (QED) is 0.647. The van der Waals surface area contributed by atoms with Crippen molar-refractivity contribution in [1.82, 2.24) is 10.1 Å². The van der Waals surface area contributed by atoms with Gasteiger partial charge in [-0.25, -0.2) is 0 Å². The van der Waals surface area contributed by atoms with Crippen LogP contribution in [0.15, 0.2) is 47.0 Å². The first-order valence-electron chi connectivity index (χ1n) is 8.33. The number of amides is 1. The molecule has 3 rings (SSSR count). The maximum Gasteiger partial charge on any atom is 0.324 e. The van der Waals surface area contributed by atoms with Crippen molar-refractivity contribution >= 4 is 29.2 Å². The van der Waals surface area contributed by atoms with Crippen molar-refractivity contribution in [3.05, 3.63) is 47.5 Å². The van der Waals surface area contributed by atoms with Gasteiger partial charge in [-0.3, -0.25) is 4.79 Å². The van der Waals surface area contributed by atoms with Crippen molar-refractivity contribution in [2.75, 3.05) is 38.0 Å². The summed E-state index contributed by atoms with van der Waals surface area (Å²) in [5, 5.41) is 7.13. The maximum absolute atomic E-state index is 12.3. The van der Waals surface area contributed by atoms with Gasteiger partial charge < -0.3 is 24.2 Å². The molecule has 1 N–H and O–H groups in total. The van der Waals surface area contributed by atoms with E-state index in [9.17, 15) is 4.79 Å². The average molecular weight is 403 g/mol. The van der Waals surface area contributed by atoms with Gasteiger partial charge in [0.1, 0.15) is 18.0 Å². The van der Waals surface area contributed by atoms with Gasteiger partial charge in [-0.05, 0) is 42.5 Å². The van der Waals surface area contributed by atoms with Crippen LogP contribution in [0.5, 0.6) is 11.5 Å². The van der Waals surface area contributed by atoms with E-state index in [1.54, 1.807) is 37.3 Å². The fourth-order valence-electron chi connectivity index (χ4n) is 2.46. The van der Waals surface area contributed by atoms with Gasteiger partial charge in [-0.2, -0.15) is 4.98 Å². The summed E-state index contributed by atoms with van der Waals surface area (Å²) in [6.45, 7) is 0.0217. The highest BCUT2D eigenvalue weighted by Crippen LogP contribution is 2.27. The lowest BCUT2D eigenvalue weighted by Gasteiger charge is -2.13. The van der Waals surface area contributed by atoms with E-state index in [0.717, 1.165) is 11.3 Å². The summed E-state index contributed by atoms with van der Waals surface area (Å²) < 4.78 is 15.5. The van der Waals surface area contributed by atoms with Crippen LogP contribution < -0.4 is 19.7 Å². The van der Waals surface area contributed by atoms with Crippen molar-refractivity contribution < 1.29 is 18.8 Å². The summed E-state index contributed by atoms with van der Waals surface area (Å²) in [6, 6.07) is 12.5. The molecule has 0 fully saturated rings. The van der Waals surface area contributed by atoms with Gasteiger partial charge in [0.15, 0.2) is 0 Å². The van der Waals surface area contributed by atoms with E-state index in [1.807, 2.05) is 24.3 Å². The molecule has 9 heteroatoms. The molecule has 0 bridgehead atoms. The minimum atomic E-state index is -0.257. The van der Waals surface area contributed by atoms with Crippen molar-refractivity contribution in [2.45, 2.75) is 0 Å². The number of ether oxygens (including phenoxy) is 2. The number of carbonyl (C=O) groups is 1. The van der Waals surface area contributed by atoms with Crippen LogP contribution in [0.4, 0.5) is 11.7 Å². The first kappa shape index (κ1) is 19.5. The Morgan fingerprint density at radius 2 is 1.93 bits per heavy atom. The fourth-order valence-corrected chi connectivity index (χ4v) is 2.71. The normalized spacial score (nSPS) is 10.4. The number of methoxy groups -OCH3 is 2. The molecule has 8 nitrogen and oxygen atoms in total. The van der Waals surface area contributed by atoms with Gasteiger partial charge in [0.25, 0.3) is 0 Å². The lowest BCUT2D eigenvalue weighted by atomic mass is 10.2. The Labute approximate surface area is 167 Å². The standard InChI is InChI=1S/C19H19ClN4O4/c1-24(11-17(25)21-13-6-9-16(27-3)15(20)10-13)19-22-18(23-28-19)12-4-7-14(26-2)8-5-12/h4-10H,11H2,1-3H3,(H,21,25). The third-order valence-corrected chi connectivity index (χ3v) is 4.20. The van der Waals surface area contributed by atoms with Gasteiger partial charge >= 0.3 is 6.01 Å². The van der Waals surface area contributed by atoms with E-state index in [0.29, 0.717) is 22.3 Å². The number of likely N-dealkylation sites (N-methyl/N-ethyl adjacent to an activating group) is 1. The molecule has 3 aromatic rings. The Kier molecular flexibility index (Phi) is 6.00. The summed E-state index contributed by atoms with van der Waals surface area (Å²) in [7, 11) is 4.81. The topological polar surface area (TPSA) is 89.7 Å². The third kappa shape index (κ3) is 4.52.